The van der Waals surface area contributed by atoms with Crippen molar-refractivity contribution >= 4 is 22.6 Å². The van der Waals surface area contributed by atoms with Gasteiger partial charge in [0.05, 0.1) is 12.3 Å². The molecule has 0 atom stereocenters. The molecule has 1 amide bonds. The minimum absolute atomic E-state index is 0.343. The largest absolute Gasteiger partial charge is 0.448 e. The van der Waals surface area contributed by atoms with Crippen LogP contribution < -0.4 is 5.32 Å². The van der Waals surface area contributed by atoms with Gasteiger partial charge in [-0.2, -0.15) is 5.32 Å². The lowest BCUT2D eigenvalue weighted by Gasteiger charge is -2.03. The van der Waals surface area contributed by atoms with Crippen molar-refractivity contribution in [3.63, 3.8) is 0 Å². The molecule has 3 heteroatoms. The van der Waals surface area contributed by atoms with Gasteiger partial charge in [0.15, 0.2) is 0 Å². The normalized spacial score (nSPS) is 10.1. The van der Waals surface area contributed by atoms with Crippen molar-refractivity contribution in [2.75, 3.05) is 6.61 Å². The third-order valence-corrected chi connectivity index (χ3v) is 2.22. The van der Waals surface area contributed by atoms with E-state index in [0.29, 0.717) is 12.3 Å². The lowest BCUT2D eigenvalue weighted by Crippen LogP contribution is -2.11. The van der Waals surface area contributed by atoms with Gasteiger partial charge in [0.25, 0.3) is 0 Å². The molecule has 3 nitrogen and oxygen atoms in total. The maximum absolute atomic E-state index is 11.2. The van der Waals surface area contributed by atoms with Crippen LogP contribution in [0.3, 0.4) is 0 Å². The highest BCUT2D eigenvalue weighted by atomic mass is 16.5. The molecule has 0 fully saturated rings. The number of rotatable bonds is 2. The molecule has 2 aromatic rings. The molecule has 1 radical (unpaired) electrons. The maximum Gasteiger partial charge on any atom is 0.434 e. The molecule has 0 aliphatic carbocycles. The van der Waals surface area contributed by atoms with Crippen LogP contribution in [0.25, 0.3) is 10.8 Å². The van der Waals surface area contributed by atoms with E-state index < -0.39 is 6.09 Å². The van der Waals surface area contributed by atoms with E-state index >= 15 is 0 Å². The second kappa shape index (κ2) is 4.66. The third kappa shape index (κ3) is 2.31. The molecule has 81 valence electrons. The van der Waals surface area contributed by atoms with Gasteiger partial charge in [-0.05, 0) is 29.8 Å². The van der Waals surface area contributed by atoms with E-state index in [0.717, 1.165) is 10.8 Å². The molecule has 16 heavy (non-hydrogen) atoms. The van der Waals surface area contributed by atoms with Gasteiger partial charge >= 0.3 is 6.09 Å². The molecule has 2 aromatic carbocycles. The van der Waals surface area contributed by atoms with Crippen LogP contribution in [-0.2, 0) is 4.74 Å². The molecule has 0 unspecified atom stereocenters. The number of fused-ring (bicyclic) bond motifs is 1. The molecule has 0 heterocycles. The van der Waals surface area contributed by atoms with Gasteiger partial charge in [-0.1, -0.05) is 30.3 Å². The van der Waals surface area contributed by atoms with Crippen LogP contribution >= 0.6 is 0 Å². The summed E-state index contributed by atoms with van der Waals surface area (Å²) in [6.07, 6.45) is -0.544. The minimum atomic E-state index is -0.544. The third-order valence-electron chi connectivity index (χ3n) is 2.22. The number of benzene rings is 2. The zero-order valence-corrected chi connectivity index (χ0v) is 9.01. The van der Waals surface area contributed by atoms with Crippen molar-refractivity contribution in [3.8, 4) is 0 Å². The highest BCUT2D eigenvalue weighted by Crippen LogP contribution is 2.18. The fraction of sp³-hybridized carbons (Fsp3) is 0.154. The van der Waals surface area contributed by atoms with Crippen molar-refractivity contribution in [2.24, 2.45) is 0 Å². The number of amides is 1. The molecule has 0 aromatic heterocycles. The summed E-state index contributed by atoms with van der Waals surface area (Å²) in [6, 6.07) is 13.5. The fourth-order valence-corrected chi connectivity index (χ4v) is 1.51. The first-order chi connectivity index (χ1) is 7.79. The van der Waals surface area contributed by atoms with Gasteiger partial charge in [0.2, 0.25) is 0 Å². The molecule has 0 aliphatic rings. The van der Waals surface area contributed by atoms with E-state index in [1.165, 1.54) is 0 Å². The first-order valence-electron chi connectivity index (χ1n) is 5.17. The van der Waals surface area contributed by atoms with Crippen LogP contribution in [0.1, 0.15) is 6.92 Å². The van der Waals surface area contributed by atoms with Crippen LogP contribution in [0.15, 0.2) is 42.5 Å². The lowest BCUT2D eigenvalue weighted by atomic mass is 10.1. The summed E-state index contributed by atoms with van der Waals surface area (Å²) in [4.78, 5) is 11.2. The van der Waals surface area contributed by atoms with Gasteiger partial charge in [-0.25, -0.2) is 4.79 Å². The van der Waals surface area contributed by atoms with Crippen LogP contribution in [0, 0.1) is 0 Å². The van der Waals surface area contributed by atoms with Gasteiger partial charge in [-0.3, -0.25) is 0 Å². The van der Waals surface area contributed by atoms with Gasteiger partial charge in [-0.15, -0.1) is 0 Å². The van der Waals surface area contributed by atoms with Crippen molar-refractivity contribution < 1.29 is 9.53 Å². The molecular weight excluding hydrogens is 202 g/mol. The summed E-state index contributed by atoms with van der Waals surface area (Å²) in [6.45, 7) is 2.10. The van der Waals surface area contributed by atoms with E-state index in [1.54, 1.807) is 13.0 Å². The fourth-order valence-electron chi connectivity index (χ4n) is 1.51. The van der Waals surface area contributed by atoms with E-state index in [1.807, 2.05) is 36.4 Å². The SMILES string of the molecule is CCOC(=O)[N]c1ccc2ccccc2c1. The van der Waals surface area contributed by atoms with Crippen molar-refractivity contribution in [3.05, 3.63) is 42.5 Å². The predicted molar refractivity (Wildman–Crippen MR) is 62.8 cm³/mol. The molecule has 0 spiro atoms. The summed E-state index contributed by atoms with van der Waals surface area (Å²) in [7, 11) is 0. The lowest BCUT2D eigenvalue weighted by molar-refractivity contribution is 0.156. The second-order valence-electron chi connectivity index (χ2n) is 3.34. The highest BCUT2D eigenvalue weighted by molar-refractivity contribution is 5.86. The minimum Gasteiger partial charge on any atom is -0.448 e. The standard InChI is InChI=1S/C13H12NO2/c1-2-16-13(15)14-12-8-7-10-5-3-4-6-11(10)9-12/h3-9H,2H2,1H3. The molecule has 0 aliphatic heterocycles. The predicted octanol–water partition coefficient (Wildman–Crippen LogP) is 3.23. The van der Waals surface area contributed by atoms with Crippen LogP contribution in [-0.4, -0.2) is 12.7 Å². The molecular formula is C13H12NO2. The summed E-state index contributed by atoms with van der Waals surface area (Å²) < 4.78 is 4.75. The number of carbonyl (C=O) groups is 1. The molecule has 2 rings (SSSR count). The first kappa shape index (κ1) is 10.5. The summed E-state index contributed by atoms with van der Waals surface area (Å²) in [5, 5.41) is 6.03. The molecule has 0 saturated carbocycles. The van der Waals surface area contributed by atoms with E-state index in [9.17, 15) is 4.79 Å². The summed E-state index contributed by atoms with van der Waals surface area (Å²) in [5.74, 6) is 0. The van der Waals surface area contributed by atoms with Crippen molar-refractivity contribution in [2.45, 2.75) is 6.92 Å². The Morgan fingerprint density at radius 3 is 2.69 bits per heavy atom. The Morgan fingerprint density at radius 1 is 1.19 bits per heavy atom. The quantitative estimate of drug-likeness (QED) is 0.770. The molecule has 0 saturated heterocycles. The van der Waals surface area contributed by atoms with Crippen molar-refractivity contribution in [1.29, 1.82) is 0 Å². The van der Waals surface area contributed by atoms with E-state index in [4.69, 9.17) is 4.74 Å². The van der Waals surface area contributed by atoms with Gasteiger partial charge < -0.3 is 4.74 Å². The number of ether oxygens (including phenoxy) is 1. The van der Waals surface area contributed by atoms with Crippen molar-refractivity contribution in [1.82, 2.24) is 5.32 Å². The Bertz CT molecular complexity index is 508. The number of nitrogens with zero attached hydrogens (tertiary/aromatic N) is 1. The number of hydrogen-bond donors (Lipinski definition) is 0. The Balaban J connectivity index is 2.22. The number of carbonyl (C=O) groups excluding carboxylic acids is 1. The monoisotopic (exact) mass is 214 g/mol. The highest BCUT2D eigenvalue weighted by Gasteiger charge is 2.04. The van der Waals surface area contributed by atoms with Gasteiger partial charge in [0.1, 0.15) is 0 Å². The second-order valence-corrected chi connectivity index (χ2v) is 3.34. The zero-order chi connectivity index (χ0) is 11.4. The van der Waals surface area contributed by atoms with E-state index in [2.05, 4.69) is 5.32 Å². The first-order valence-corrected chi connectivity index (χ1v) is 5.17. The average molecular weight is 214 g/mol. The van der Waals surface area contributed by atoms with Crippen LogP contribution in [0.5, 0.6) is 0 Å². The smallest absolute Gasteiger partial charge is 0.434 e. The summed E-state index contributed by atoms with van der Waals surface area (Å²) in [5.41, 5.74) is 0.622. The Kier molecular flexibility index (Phi) is 3.05. The average Bonchev–Trinajstić information content (AvgIpc) is 2.29. The van der Waals surface area contributed by atoms with E-state index in [-0.39, 0.29) is 0 Å². The number of hydrogen-bond acceptors (Lipinski definition) is 2. The topological polar surface area (TPSA) is 40.4 Å². The molecule has 0 N–H and O–H groups in total. The Morgan fingerprint density at radius 2 is 1.94 bits per heavy atom. The molecule has 0 bridgehead atoms. The Hall–Kier alpha value is -2.03. The Labute approximate surface area is 94.0 Å². The summed E-state index contributed by atoms with van der Waals surface area (Å²) >= 11 is 0. The maximum atomic E-state index is 11.2. The zero-order valence-electron chi connectivity index (χ0n) is 9.01. The van der Waals surface area contributed by atoms with Crippen LogP contribution in [0.4, 0.5) is 10.5 Å². The van der Waals surface area contributed by atoms with Crippen LogP contribution in [0.2, 0.25) is 0 Å². The van der Waals surface area contributed by atoms with Gasteiger partial charge in [0, 0.05) is 0 Å².